The Labute approximate surface area is 109 Å². The molecule has 16 heavy (non-hydrogen) atoms. The van der Waals surface area contributed by atoms with Gasteiger partial charge in [0.05, 0.1) is 7.11 Å². The first-order chi connectivity index (χ1) is 7.77. The number of methoxy groups -OCH3 is 1. The second kappa shape index (κ2) is 12.6. The summed E-state index contributed by atoms with van der Waals surface area (Å²) in [7, 11) is 1.70. The van der Waals surface area contributed by atoms with Crippen LogP contribution in [-0.2, 0) is 6.42 Å². The Morgan fingerprint density at radius 1 is 1.12 bits per heavy atom. The van der Waals surface area contributed by atoms with Gasteiger partial charge in [-0.1, -0.05) is 49.7 Å². The van der Waals surface area contributed by atoms with Crippen LogP contribution >= 0.6 is 15.9 Å². The van der Waals surface area contributed by atoms with Gasteiger partial charge in [-0.05, 0) is 36.6 Å². The summed E-state index contributed by atoms with van der Waals surface area (Å²) in [6.07, 6.45) is 1.06. The maximum atomic E-state index is 5.14. The van der Waals surface area contributed by atoms with Crippen molar-refractivity contribution in [1.82, 2.24) is 0 Å². The molecule has 1 aromatic carbocycles. The molecule has 0 aromatic heterocycles. The molecule has 0 aliphatic carbocycles. The predicted molar refractivity (Wildman–Crippen MR) is 77.9 cm³/mol. The average molecular weight is 289 g/mol. The van der Waals surface area contributed by atoms with E-state index in [1.165, 1.54) is 11.1 Å². The zero-order valence-corrected chi connectivity index (χ0v) is 13.0. The minimum absolute atomic E-state index is 0.941. The second-order valence-electron chi connectivity index (χ2n) is 2.73. The van der Waals surface area contributed by atoms with E-state index in [0.717, 1.165) is 17.5 Å². The van der Waals surface area contributed by atoms with Crippen LogP contribution in [0, 0.1) is 6.92 Å². The Hall–Kier alpha value is -0.500. The highest BCUT2D eigenvalue weighted by atomic mass is 79.9. The topological polar surface area (TPSA) is 9.23 Å². The fourth-order valence-electron chi connectivity index (χ4n) is 1.15. The van der Waals surface area contributed by atoms with Crippen LogP contribution < -0.4 is 4.74 Å². The molecule has 1 aromatic rings. The van der Waals surface area contributed by atoms with Crippen molar-refractivity contribution in [2.24, 2.45) is 0 Å². The Bertz CT molecular complexity index is 259. The van der Waals surface area contributed by atoms with Crippen LogP contribution in [0.4, 0.5) is 0 Å². The Morgan fingerprint density at radius 2 is 1.69 bits per heavy atom. The molecule has 0 radical (unpaired) electrons. The Balaban J connectivity index is 0. The SMILES string of the molecule is CC.CC.COc1ccc(C)c(CCBr)c1. The number of benzene rings is 1. The zero-order valence-electron chi connectivity index (χ0n) is 11.4. The highest BCUT2D eigenvalue weighted by Gasteiger charge is 1.98. The van der Waals surface area contributed by atoms with Crippen molar-refractivity contribution in [2.45, 2.75) is 41.0 Å². The van der Waals surface area contributed by atoms with Crippen molar-refractivity contribution < 1.29 is 4.74 Å². The molecule has 0 unspecified atom stereocenters. The van der Waals surface area contributed by atoms with Gasteiger partial charge < -0.3 is 4.74 Å². The lowest BCUT2D eigenvalue weighted by molar-refractivity contribution is 0.414. The summed E-state index contributed by atoms with van der Waals surface area (Å²) in [5.41, 5.74) is 2.68. The number of rotatable bonds is 3. The molecule has 2 heteroatoms. The van der Waals surface area contributed by atoms with Gasteiger partial charge in [-0.15, -0.1) is 0 Å². The van der Waals surface area contributed by atoms with Crippen LogP contribution in [0.15, 0.2) is 18.2 Å². The van der Waals surface area contributed by atoms with E-state index in [1.54, 1.807) is 7.11 Å². The molecule has 1 nitrogen and oxygen atoms in total. The zero-order chi connectivity index (χ0) is 13.0. The lowest BCUT2D eigenvalue weighted by Gasteiger charge is -2.06. The van der Waals surface area contributed by atoms with Gasteiger partial charge in [0.1, 0.15) is 5.75 Å². The molecule has 0 N–H and O–H groups in total. The monoisotopic (exact) mass is 288 g/mol. The largest absolute Gasteiger partial charge is 0.497 e. The van der Waals surface area contributed by atoms with Crippen LogP contribution in [0.25, 0.3) is 0 Å². The summed E-state index contributed by atoms with van der Waals surface area (Å²) in [6.45, 7) is 10.1. The van der Waals surface area contributed by atoms with Crippen LogP contribution in [0.3, 0.4) is 0 Å². The van der Waals surface area contributed by atoms with Gasteiger partial charge in [0.25, 0.3) is 0 Å². The molecule has 1 rings (SSSR count). The molecule has 0 amide bonds. The number of hydrogen-bond acceptors (Lipinski definition) is 1. The summed E-state index contributed by atoms with van der Waals surface area (Å²) < 4.78 is 5.14. The fraction of sp³-hybridized carbons (Fsp3) is 0.571. The highest BCUT2D eigenvalue weighted by molar-refractivity contribution is 9.09. The second-order valence-corrected chi connectivity index (χ2v) is 3.52. The van der Waals surface area contributed by atoms with E-state index in [9.17, 15) is 0 Å². The molecule has 0 heterocycles. The molecule has 0 fully saturated rings. The number of aryl methyl sites for hydroxylation is 2. The first-order valence-electron chi connectivity index (χ1n) is 5.97. The Kier molecular flexibility index (Phi) is 14.0. The minimum atomic E-state index is 0.941. The molecule has 94 valence electrons. The smallest absolute Gasteiger partial charge is 0.119 e. The Morgan fingerprint density at radius 3 is 2.12 bits per heavy atom. The van der Waals surface area contributed by atoms with E-state index in [1.807, 2.05) is 33.8 Å². The van der Waals surface area contributed by atoms with Crippen molar-refractivity contribution in [3.8, 4) is 5.75 Å². The predicted octanol–water partition coefficient (Wildman–Crippen LogP) is 4.99. The summed E-state index contributed by atoms with van der Waals surface area (Å²) >= 11 is 3.43. The van der Waals surface area contributed by atoms with Gasteiger partial charge >= 0.3 is 0 Å². The van der Waals surface area contributed by atoms with Crippen LogP contribution in [0.2, 0.25) is 0 Å². The van der Waals surface area contributed by atoms with Crippen molar-refractivity contribution in [1.29, 1.82) is 0 Å². The number of halogens is 1. The molecule has 0 spiro atoms. The van der Waals surface area contributed by atoms with Crippen molar-refractivity contribution >= 4 is 15.9 Å². The molecule has 0 aliphatic heterocycles. The maximum absolute atomic E-state index is 5.14. The summed E-state index contributed by atoms with van der Waals surface area (Å²) in [5, 5.41) is 1.00. The minimum Gasteiger partial charge on any atom is -0.497 e. The third kappa shape index (κ3) is 6.89. The van der Waals surface area contributed by atoms with Gasteiger partial charge in [-0.2, -0.15) is 0 Å². The van der Waals surface area contributed by atoms with E-state index in [0.29, 0.717) is 0 Å². The number of alkyl halides is 1. The third-order valence-corrected chi connectivity index (χ3v) is 2.32. The van der Waals surface area contributed by atoms with E-state index < -0.39 is 0 Å². The molecule has 0 bridgehead atoms. The van der Waals surface area contributed by atoms with Gasteiger partial charge in [-0.3, -0.25) is 0 Å². The highest BCUT2D eigenvalue weighted by Crippen LogP contribution is 2.17. The van der Waals surface area contributed by atoms with Gasteiger partial charge in [0, 0.05) is 5.33 Å². The van der Waals surface area contributed by atoms with Crippen LogP contribution in [0.5, 0.6) is 5.75 Å². The van der Waals surface area contributed by atoms with Gasteiger partial charge in [0.2, 0.25) is 0 Å². The number of ether oxygens (including phenoxy) is 1. The molecule has 0 saturated heterocycles. The third-order valence-electron chi connectivity index (χ3n) is 1.92. The quantitative estimate of drug-likeness (QED) is 0.712. The summed E-state index contributed by atoms with van der Waals surface area (Å²) in [4.78, 5) is 0. The molecular weight excluding hydrogens is 264 g/mol. The van der Waals surface area contributed by atoms with E-state index in [-0.39, 0.29) is 0 Å². The van der Waals surface area contributed by atoms with Gasteiger partial charge in [0.15, 0.2) is 0 Å². The standard InChI is InChI=1S/C10H13BrO.2C2H6/c1-8-3-4-10(12-2)7-9(8)5-6-11;2*1-2/h3-4,7H,5-6H2,1-2H3;2*1-2H3. The first kappa shape index (κ1) is 17.9. The lowest BCUT2D eigenvalue weighted by atomic mass is 10.1. The maximum Gasteiger partial charge on any atom is 0.119 e. The van der Waals surface area contributed by atoms with E-state index in [2.05, 4.69) is 35.0 Å². The molecular formula is C14H25BrO. The van der Waals surface area contributed by atoms with E-state index in [4.69, 9.17) is 4.74 Å². The summed E-state index contributed by atoms with van der Waals surface area (Å²) in [6, 6.07) is 6.18. The summed E-state index contributed by atoms with van der Waals surface area (Å²) in [5.74, 6) is 0.941. The van der Waals surface area contributed by atoms with Crippen LogP contribution in [0.1, 0.15) is 38.8 Å². The van der Waals surface area contributed by atoms with Crippen molar-refractivity contribution in [2.75, 3.05) is 12.4 Å². The van der Waals surface area contributed by atoms with Gasteiger partial charge in [-0.25, -0.2) is 0 Å². The molecule has 0 atom stereocenters. The lowest BCUT2D eigenvalue weighted by Crippen LogP contribution is -1.92. The average Bonchev–Trinajstić information content (AvgIpc) is 2.37. The fourth-order valence-corrected chi connectivity index (χ4v) is 1.57. The molecule has 0 saturated carbocycles. The van der Waals surface area contributed by atoms with E-state index >= 15 is 0 Å². The first-order valence-corrected chi connectivity index (χ1v) is 7.09. The van der Waals surface area contributed by atoms with Crippen LogP contribution in [-0.4, -0.2) is 12.4 Å². The van der Waals surface area contributed by atoms with Crippen molar-refractivity contribution in [3.63, 3.8) is 0 Å². The number of hydrogen-bond donors (Lipinski definition) is 0. The normalized spacial score (nSPS) is 8.19. The van der Waals surface area contributed by atoms with Crippen molar-refractivity contribution in [3.05, 3.63) is 29.3 Å². The molecule has 0 aliphatic rings.